The predicted molar refractivity (Wildman–Crippen MR) is 87.9 cm³/mol. The molecule has 0 nitrogen and oxygen atoms in total. The highest BCUT2D eigenvalue weighted by molar-refractivity contribution is 5.88. The van der Waals surface area contributed by atoms with Gasteiger partial charge >= 0.3 is 0 Å². The van der Waals surface area contributed by atoms with Crippen LogP contribution in [0.1, 0.15) is 12.0 Å². The quantitative estimate of drug-likeness (QED) is 0.531. The minimum absolute atomic E-state index is 0.144. The Kier molecular flexibility index (Phi) is 3.83. The lowest BCUT2D eigenvalue weighted by atomic mass is 9.98. The molecule has 0 atom stereocenters. The van der Waals surface area contributed by atoms with E-state index in [4.69, 9.17) is 0 Å². The summed E-state index contributed by atoms with van der Waals surface area (Å²) in [4.78, 5) is 0. The van der Waals surface area contributed by atoms with Crippen LogP contribution in [0.4, 0.5) is 4.39 Å². The molecule has 104 valence electrons. The van der Waals surface area contributed by atoms with Gasteiger partial charge in [0.1, 0.15) is 5.82 Å². The van der Waals surface area contributed by atoms with Crippen LogP contribution in [0.3, 0.4) is 0 Å². The smallest absolute Gasteiger partial charge is 0.138 e. The maximum absolute atomic E-state index is 14.7. The lowest BCUT2D eigenvalue weighted by Gasteiger charge is -2.08. The second kappa shape index (κ2) is 5.92. The molecule has 21 heavy (non-hydrogen) atoms. The normalized spacial score (nSPS) is 10.7. The first-order chi connectivity index (χ1) is 10.3. The molecular formula is C20H17F. The molecule has 0 aliphatic rings. The van der Waals surface area contributed by atoms with E-state index in [1.165, 1.54) is 5.56 Å². The van der Waals surface area contributed by atoms with E-state index in [-0.39, 0.29) is 5.82 Å². The van der Waals surface area contributed by atoms with Crippen molar-refractivity contribution in [2.75, 3.05) is 0 Å². The van der Waals surface area contributed by atoms with Crippen LogP contribution in [-0.2, 0) is 6.42 Å². The van der Waals surface area contributed by atoms with E-state index in [9.17, 15) is 4.39 Å². The SMILES string of the molecule is C=CCCc1ccc2c(F)c(-c3ccccc3)ccc2c1. The molecule has 0 saturated heterocycles. The van der Waals surface area contributed by atoms with Gasteiger partial charge in [0.2, 0.25) is 0 Å². The summed E-state index contributed by atoms with van der Waals surface area (Å²) in [6.45, 7) is 3.74. The molecule has 0 aliphatic heterocycles. The van der Waals surface area contributed by atoms with Crippen LogP contribution in [-0.4, -0.2) is 0 Å². The van der Waals surface area contributed by atoms with E-state index < -0.39 is 0 Å². The number of hydrogen-bond donors (Lipinski definition) is 0. The molecule has 1 heteroatoms. The number of halogens is 1. The first-order valence-electron chi connectivity index (χ1n) is 7.17. The topological polar surface area (TPSA) is 0 Å². The zero-order chi connectivity index (χ0) is 14.7. The summed E-state index contributed by atoms with van der Waals surface area (Å²) in [7, 11) is 0. The van der Waals surface area contributed by atoms with E-state index in [0.717, 1.165) is 23.8 Å². The fourth-order valence-corrected chi connectivity index (χ4v) is 2.61. The second-order valence-electron chi connectivity index (χ2n) is 5.18. The molecule has 3 aromatic rings. The Bertz CT molecular complexity index is 772. The molecule has 0 N–H and O–H groups in total. The number of benzene rings is 3. The Labute approximate surface area is 124 Å². The Balaban J connectivity index is 2.07. The molecule has 3 aromatic carbocycles. The van der Waals surface area contributed by atoms with E-state index in [0.29, 0.717) is 10.9 Å². The van der Waals surface area contributed by atoms with Gasteiger partial charge in [-0.2, -0.15) is 0 Å². The van der Waals surface area contributed by atoms with Crippen LogP contribution in [0.15, 0.2) is 73.3 Å². The zero-order valence-electron chi connectivity index (χ0n) is 11.9. The van der Waals surface area contributed by atoms with Crippen LogP contribution >= 0.6 is 0 Å². The zero-order valence-corrected chi connectivity index (χ0v) is 11.9. The minimum Gasteiger partial charge on any atom is -0.206 e. The molecular weight excluding hydrogens is 259 g/mol. The number of allylic oxidation sites excluding steroid dienone is 1. The molecule has 0 saturated carbocycles. The third kappa shape index (κ3) is 2.73. The minimum atomic E-state index is -0.144. The lowest BCUT2D eigenvalue weighted by molar-refractivity contribution is 0.643. The largest absolute Gasteiger partial charge is 0.206 e. The van der Waals surface area contributed by atoms with Gasteiger partial charge < -0.3 is 0 Å². The molecule has 0 fully saturated rings. The molecule has 3 rings (SSSR count). The maximum atomic E-state index is 14.7. The first-order valence-corrected chi connectivity index (χ1v) is 7.17. The summed E-state index contributed by atoms with van der Waals surface area (Å²) in [6.07, 6.45) is 3.79. The van der Waals surface area contributed by atoms with Crippen molar-refractivity contribution in [3.05, 3.63) is 84.7 Å². The number of rotatable bonds is 4. The summed E-state index contributed by atoms with van der Waals surface area (Å²) in [5.41, 5.74) is 2.78. The highest BCUT2D eigenvalue weighted by Gasteiger charge is 2.09. The first kappa shape index (κ1) is 13.6. The summed E-state index contributed by atoms with van der Waals surface area (Å²) < 4.78 is 14.7. The van der Waals surface area contributed by atoms with Crippen molar-refractivity contribution < 1.29 is 4.39 Å². The molecule has 0 bridgehead atoms. The van der Waals surface area contributed by atoms with Gasteiger partial charge in [-0.15, -0.1) is 6.58 Å². The van der Waals surface area contributed by atoms with Crippen molar-refractivity contribution in [1.82, 2.24) is 0 Å². The van der Waals surface area contributed by atoms with Crippen molar-refractivity contribution in [3.8, 4) is 11.1 Å². The van der Waals surface area contributed by atoms with E-state index >= 15 is 0 Å². The van der Waals surface area contributed by atoms with Crippen LogP contribution < -0.4 is 0 Å². The third-order valence-corrected chi connectivity index (χ3v) is 3.74. The third-order valence-electron chi connectivity index (χ3n) is 3.74. The molecule has 0 spiro atoms. The van der Waals surface area contributed by atoms with Crippen LogP contribution in [0.2, 0.25) is 0 Å². The van der Waals surface area contributed by atoms with Gasteiger partial charge in [-0.1, -0.05) is 66.7 Å². The van der Waals surface area contributed by atoms with Gasteiger partial charge in [0.25, 0.3) is 0 Å². The van der Waals surface area contributed by atoms with Crippen molar-refractivity contribution in [2.45, 2.75) is 12.8 Å². The highest BCUT2D eigenvalue weighted by atomic mass is 19.1. The highest BCUT2D eigenvalue weighted by Crippen LogP contribution is 2.29. The van der Waals surface area contributed by atoms with Gasteiger partial charge in [0.15, 0.2) is 0 Å². The fraction of sp³-hybridized carbons (Fsp3) is 0.100. The fourth-order valence-electron chi connectivity index (χ4n) is 2.61. The lowest BCUT2D eigenvalue weighted by Crippen LogP contribution is -1.89. The van der Waals surface area contributed by atoms with Crippen molar-refractivity contribution in [3.63, 3.8) is 0 Å². The standard InChI is InChI=1S/C20H17F/c1-2-3-7-15-10-12-19-17(14-15)11-13-18(20(19)21)16-8-5-4-6-9-16/h2,4-6,8-14H,1,3,7H2. The van der Waals surface area contributed by atoms with Crippen molar-refractivity contribution in [1.29, 1.82) is 0 Å². The average Bonchev–Trinajstić information content (AvgIpc) is 2.54. The molecule has 0 amide bonds. The Morgan fingerprint density at radius 2 is 1.76 bits per heavy atom. The maximum Gasteiger partial charge on any atom is 0.138 e. The molecule has 0 aromatic heterocycles. The van der Waals surface area contributed by atoms with Crippen LogP contribution in [0.5, 0.6) is 0 Å². The summed E-state index contributed by atoms with van der Waals surface area (Å²) in [5.74, 6) is -0.144. The van der Waals surface area contributed by atoms with Gasteiger partial charge in [-0.25, -0.2) is 4.39 Å². The number of hydrogen-bond acceptors (Lipinski definition) is 0. The van der Waals surface area contributed by atoms with Crippen LogP contribution in [0, 0.1) is 5.82 Å². The van der Waals surface area contributed by atoms with E-state index in [1.807, 2.05) is 60.7 Å². The number of fused-ring (bicyclic) bond motifs is 1. The van der Waals surface area contributed by atoms with Gasteiger partial charge in [-0.3, -0.25) is 0 Å². The predicted octanol–water partition coefficient (Wildman–Crippen LogP) is 5.76. The summed E-state index contributed by atoms with van der Waals surface area (Å²) in [5, 5.41) is 1.63. The van der Waals surface area contributed by atoms with E-state index in [1.54, 1.807) is 0 Å². The van der Waals surface area contributed by atoms with Gasteiger partial charge in [0, 0.05) is 10.9 Å². The van der Waals surface area contributed by atoms with Crippen LogP contribution in [0.25, 0.3) is 21.9 Å². The second-order valence-corrected chi connectivity index (χ2v) is 5.18. The average molecular weight is 276 g/mol. The Morgan fingerprint density at radius 1 is 0.952 bits per heavy atom. The molecule has 0 aliphatic carbocycles. The van der Waals surface area contributed by atoms with Gasteiger partial charge in [0.05, 0.1) is 0 Å². The van der Waals surface area contributed by atoms with Crippen molar-refractivity contribution >= 4 is 10.8 Å². The van der Waals surface area contributed by atoms with Crippen molar-refractivity contribution in [2.24, 2.45) is 0 Å². The Hall–Kier alpha value is -2.41. The number of aryl methyl sites for hydroxylation is 1. The summed E-state index contributed by atoms with van der Waals surface area (Å²) in [6, 6.07) is 19.5. The molecule has 0 unspecified atom stereocenters. The summed E-state index contributed by atoms with van der Waals surface area (Å²) >= 11 is 0. The van der Waals surface area contributed by atoms with E-state index in [2.05, 4.69) is 12.6 Å². The molecule has 0 radical (unpaired) electrons. The monoisotopic (exact) mass is 276 g/mol. The molecule has 0 heterocycles. The Morgan fingerprint density at radius 3 is 2.52 bits per heavy atom. The van der Waals surface area contributed by atoms with Gasteiger partial charge in [-0.05, 0) is 29.4 Å².